The van der Waals surface area contributed by atoms with Crippen molar-refractivity contribution in [1.29, 1.82) is 0 Å². The Morgan fingerprint density at radius 3 is 2.95 bits per heavy atom. The lowest BCUT2D eigenvalue weighted by atomic mass is 10.1. The van der Waals surface area contributed by atoms with E-state index >= 15 is 0 Å². The summed E-state index contributed by atoms with van der Waals surface area (Å²) in [5.74, 6) is -0.856. The summed E-state index contributed by atoms with van der Waals surface area (Å²) in [5.41, 5.74) is 1.24. The summed E-state index contributed by atoms with van der Waals surface area (Å²) in [5, 5.41) is 9.35. The maximum atomic E-state index is 11.4. The number of piperazine rings is 1. The van der Waals surface area contributed by atoms with Gasteiger partial charge in [0.25, 0.3) is 0 Å². The molecule has 2 aliphatic rings. The molecular weight excluding hydrogens is 308 g/mol. The van der Waals surface area contributed by atoms with E-state index in [1.54, 1.807) is 6.07 Å². The molecule has 2 aliphatic heterocycles. The van der Waals surface area contributed by atoms with Crippen LogP contribution in [0.15, 0.2) is 22.7 Å². The molecule has 1 aromatic carbocycles. The van der Waals surface area contributed by atoms with Gasteiger partial charge >= 0.3 is 5.97 Å². The maximum absolute atomic E-state index is 11.4. The van der Waals surface area contributed by atoms with Crippen molar-refractivity contribution in [3.63, 3.8) is 0 Å². The molecule has 0 spiro atoms. The fraction of sp³-hybridized carbons (Fsp3) is 0.500. The number of carbonyl (C=O) groups is 1. The standard InChI is InChI=1S/C14H17BrN2O2/c15-10-3-4-13(12(8-10)14(18)19)17-7-6-16-5-1-2-11(16)9-17/h3-4,8,11H,1-2,5-7,9H2,(H,18,19). The molecule has 4 nitrogen and oxygen atoms in total. The molecule has 1 N–H and O–H groups in total. The van der Waals surface area contributed by atoms with E-state index in [1.807, 2.05) is 12.1 Å². The topological polar surface area (TPSA) is 43.8 Å². The molecule has 3 rings (SSSR count). The summed E-state index contributed by atoms with van der Waals surface area (Å²) in [6.07, 6.45) is 2.50. The van der Waals surface area contributed by atoms with Crippen LogP contribution in [0.5, 0.6) is 0 Å². The molecule has 0 amide bonds. The molecule has 0 radical (unpaired) electrons. The number of aromatic carboxylic acids is 1. The van der Waals surface area contributed by atoms with Crippen LogP contribution >= 0.6 is 15.9 Å². The highest BCUT2D eigenvalue weighted by Crippen LogP contribution is 2.29. The van der Waals surface area contributed by atoms with Crippen LogP contribution < -0.4 is 4.90 Å². The number of fused-ring (bicyclic) bond motifs is 1. The number of benzene rings is 1. The van der Waals surface area contributed by atoms with Crippen LogP contribution in [-0.4, -0.2) is 48.2 Å². The van der Waals surface area contributed by atoms with Gasteiger partial charge in [0.1, 0.15) is 0 Å². The predicted octanol–water partition coefficient (Wildman–Crippen LogP) is 2.43. The fourth-order valence-electron chi connectivity index (χ4n) is 3.17. The van der Waals surface area contributed by atoms with Crippen LogP contribution in [0.3, 0.4) is 0 Å². The van der Waals surface area contributed by atoms with Crippen molar-refractivity contribution in [3.8, 4) is 0 Å². The number of halogens is 1. The number of hydrogen-bond acceptors (Lipinski definition) is 3. The zero-order valence-corrected chi connectivity index (χ0v) is 12.3. The Kier molecular flexibility index (Phi) is 3.50. The number of anilines is 1. The summed E-state index contributed by atoms with van der Waals surface area (Å²) in [6.45, 7) is 4.10. The van der Waals surface area contributed by atoms with Crippen LogP contribution in [0.1, 0.15) is 23.2 Å². The lowest BCUT2D eigenvalue weighted by Gasteiger charge is -2.39. The second-order valence-corrected chi connectivity index (χ2v) is 6.16. The Morgan fingerprint density at radius 2 is 2.16 bits per heavy atom. The average Bonchev–Trinajstić information content (AvgIpc) is 2.85. The Balaban J connectivity index is 1.87. The summed E-state index contributed by atoms with van der Waals surface area (Å²) in [4.78, 5) is 16.1. The lowest BCUT2D eigenvalue weighted by molar-refractivity contribution is 0.0697. The molecule has 2 heterocycles. The predicted molar refractivity (Wildman–Crippen MR) is 77.9 cm³/mol. The third-order valence-electron chi connectivity index (χ3n) is 4.12. The highest BCUT2D eigenvalue weighted by molar-refractivity contribution is 9.10. The minimum atomic E-state index is -0.856. The second-order valence-electron chi connectivity index (χ2n) is 5.24. The number of nitrogens with zero attached hydrogens (tertiary/aromatic N) is 2. The zero-order chi connectivity index (χ0) is 13.4. The van der Waals surface area contributed by atoms with Crippen molar-refractivity contribution in [2.45, 2.75) is 18.9 Å². The van der Waals surface area contributed by atoms with Crippen LogP contribution in [0, 0.1) is 0 Å². The first-order valence-corrected chi connectivity index (χ1v) is 7.46. The van der Waals surface area contributed by atoms with E-state index < -0.39 is 5.97 Å². The number of carboxylic acids is 1. The van der Waals surface area contributed by atoms with Crippen molar-refractivity contribution in [2.75, 3.05) is 31.1 Å². The first-order chi connectivity index (χ1) is 9.15. The molecule has 102 valence electrons. The minimum Gasteiger partial charge on any atom is -0.478 e. The molecule has 2 saturated heterocycles. The van der Waals surface area contributed by atoms with Crippen LogP contribution in [0.4, 0.5) is 5.69 Å². The van der Waals surface area contributed by atoms with Crippen molar-refractivity contribution in [2.24, 2.45) is 0 Å². The largest absolute Gasteiger partial charge is 0.478 e. The normalized spacial score (nSPS) is 23.4. The van der Waals surface area contributed by atoms with Gasteiger partial charge in [-0.2, -0.15) is 0 Å². The minimum absolute atomic E-state index is 0.390. The van der Waals surface area contributed by atoms with Crippen LogP contribution in [0.25, 0.3) is 0 Å². The van der Waals surface area contributed by atoms with Gasteiger partial charge in [-0.15, -0.1) is 0 Å². The van der Waals surface area contributed by atoms with Gasteiger partial charge in [-0.1, -0.05) is 15.9 Å². The molecule has 0 aromatic heterocycles. The van der Waals surface area contributed by atoms with Crippen molar-refractivity contribution < 1.29 is 9.90 Å². The van der Waals surface area contributed by atoms with Crippen molar-refractivity contribution in [1.82, 2.24) is 4.90 Å². The number of hydrogen-bond donors (Lipinski definition) is 1. The highest BCUT2D eigenvalue weighted by Gasteiger charge is 2.31. The summed E-state index contributed by atoms with van der Waals surface area (Å²) >= 11 is 3.34. The fourth-order valence-corrected chi connectivity index (χ4v) is 3.53. The van der Waals surface area contributed by atoms with Gasteiger partial charge < -0.3 is 10.0 Å². The van der Waals surface area contributed by atoms with Gasteiger partial charge in [-0.3, -0.25) is 4.90 Å². The Hall–Kier alpha value is -1.07. The van der Waals surface area contributed by atoms with E-state index in [4.69, 9.17) is 0 Å². The van der Waals surface area contributed by atoms with E-state index in [0.717, 1.165) is 29.8 Å². The average molecular weight is 325 g/mol. The maximum Gasteiger partial charge on any atom is 0.337 e. The van der Waals surface area contributed by atoms with E-state index in [9.17, 15) is 9.90 Å². The van der Waals surface area contributed by atoms with Gasteiger partial charge in [0.05, 0.1) is 11.3 Å². The van der Waals surface area contributed by atoms with E-state index in [-0.39, 0.29) is 0 Å². The second kappa shape index (κ2) is 5.13. The smallest absolute Gasteiger partial charge is 0.337 e. The Bertz CT molecular complexity index is 506. The number of carboxylic acid groups (broad SMARTS) is 1. The third-order valence-corrected chi connectivity index (χ3v) is 4.61. The van der Waals surface area contributed by atoms with Gasteiger partial charge in [-0.05, 0) is 37.6 Å². The molecule has 0 aliphatic carbocycles. The van der Waals surface area contributed by atoms with E-state index in [1.165, 1.54) is 19.4 Å². The Morgan fingerprint density at radius 1 is 1.32 bits per heavy atom. The van der Waals surface area contributed by atoms with Gasteiger partial charge in [0, 0.05) is 30.1 Å². The molecule has 1 aromatic rings. The molecule has 2 fully saturated rings. The third kappa shape index (κ3) is 2.49. The molecule has 0 bridgehead atoms. The summed E-state index contributed by atoms with van der Waals surface area (Å²) in [7, 11) is 0. The van der Waals surface area contributed by atoms with Crippen molar-refractivity contribution in [3.05, 3.63) is 28.2 Å². The van der Waals surface area contributed by atoms with Gasteiger partial charge in [0.15, 0.2) is 0 Å². The van der Waals surface area contributed by atoms with Gasteiger partial charge in [-0.25, -0.2) is 4.79 Å². The molecule has 0 saturated carbocycles. The summed E-state index contributed by atoms with van der Waals surface area (Å²) < 4.78 is 0.813. The molecule has 1 atom stereocenters. The molecule has 19 heavy (non-hydrogen) atoms. The van der Waals surface area contributed by atoms with Crippen LogP contribution in [0.2, 0.25) is 0 Å². The van der Waals surface area contributed by atoms with Crippen molar-refractivity contribution >= 4 is 27.6 Å². The zero-order valence-electron chi connectivity index (χ0n) is 10.7. The quantitative estimate of drug-likeness (QED) is 0.907. The molecular formula is C14H17BrN2O2. The molecule has 5 heteroatoms. The van der Waals surface area contributed by atoms with E-state index in [0.29, 0.717) is 11.6 Å². The Labute approximate surface area is 121 Å². The highest BCUT2D eigenvalue weighted by atomic mass is 79.9. The van der Waals surface area contributed by atoms with Gasteiger partial charge in [0.2, 0.25) is 0 Å². The SMILES string of the molecule is O=C(O)c1cc(Br)ccc1N1CCN2CCCC2C1. The lowest BCUT2D eigenvalue weighted by Crippen LogP contribution is -2.50. The number of rotatable bonds is 2. The summed E-state index contributed by atoms with van der Waals surface area (Å²) in [6, 6.07) is 6.12. The first kappa shape index (κ1) is 12.9. The first-order valence-electron chi connectivity index (χ1n) is 6.67. The molecule has 1 unspecified atom stereocenters. The monoisotopic (exact) mass is 324 g/mol. The van der Waals surface area contributed by atoms with E-state index in [2.05, 4.69) is 25.7 Å². The van der Waals surface area contributed by atoms with Crippen LogP contribution in [-0.2, 0) is 0 Å².